The molecule has 0 bridgehead atoms. The molecule has 0 radical (unpaired) electrons. The molecule has 4 nitrogen and oxygen atoms in total. The molecule has 0 spiro atoms. The summed E-state index contributed by atoms with van der Waals surface area (Å²) in [5, 5.41) is 14.2. The molecule has 1 N–H and O–H groups in total. The number of nitro benzene ring substituents is 1. The van der Waals surface area contributed by atoms with Gasteiger partial charge in [0.1, 0.15) is 0 Å². The van der Waals surface area contributed by atoms with Gasteiger partial charge in [0.2, 0.25) is 0 Å². The fourth-order valence-electron chi connectivity index (χ4n) is 1.96. The van der Waals surface area contributed by atoms with Crippen molar-refractivity contribution in [1.29, 1.82) is 0 Å². The Labute approximate surface area is 116 Å². The second kappa shape index (κ2) is 5.95. The quantitative estimate of drug-likeness (QED) is 0.671. The number of benzene rings is 1. The SMILES string of the molecule is Cc1ccc(CNCc2cccc([N+](=O)[O-])c2C)s1. The number of nitro groups is 1. The first-order valence-electron chi connectivity index (χ1n) is 6.07. The molecule has 1 heterocycles. The van der Waals surface area contributed by atoms with Crippen LogP contribution in [0.3, 0.4) is 0 Å². The van der Waals surface area contributed by atoms with E-state index in [1.165, 1.54) is 9.75 Å². The van der Waals surface area contributed by atoms with Crippen molar-refractivity contribution in [3.8, 4) is 0 Å². The summed E-state index contributed by atoms with van der Waals surface area (Å²) < 4.78 is 0. The first-order chi connectivity index (χ1) is 9.08. The van der Waals surface area contributed by atoms with E-state index in [9.17, 15) is 10.1 Å². The van der Waals surface area contributed by atoms with Crippen LogP contribution in [0.4, 0.5) is 5.69 Å². The number of nitrogens with zero attached hydrogens (tertiary/aromatic N) is 1. The molecule has 19 heavy (non-hydrogen) atoms. The molecule has 0 saturated heterocycles. The minimum atomic E-state index is -0.332. The van der Waals surface area contributed by atoms with Crippen LogP contribution in [0.1, 0.15) is 20.9 Å². The van der Waals surface area contributed by atoms with Gasteiger partial charge in [-0.15, -0.1) is 11.3 Å². The summed E-state index contributed by atoms with van der Waals surface area (Å²) in [6, 6.07) is 9.40. The third kappa shape index (κ3) is 3.39. The van der Waals surface area contributed by atoms with Gasteiger partial charge in [-0.25, -0.2) is 0 Å². The fraction of sp³-hybridized carbons (Fsp3) is 0.286. The topological polar surface area (TPSA) is 55.2 Å². The monoisotopic (exact) mass is 276 g/mol. The van der Waals surface area contributed by atoms with Gasteiger partial charge in [-0.05, 0) is 31.5 Å². The molecule has 2 aromatic rings. The number of hydrogen-bond donors (Lipinski definition) is 1. The van der Waals surface area contributed by atoms with Gasteiger partial charge in [0, 0.05) is 34.5 Å². The van der Waals surface area contributed by atoms with Crippen LogP contribution >= 0.6 is 11.3 Å². The number of aryl methyl sites for hydroxylation is 1. The highest BCUT2D eigenvalue weighted by molar-refractivity contribution is 7.11. The maximum atomic E-state index is 10.9. The third-order valence-corrected chi connectivity index (χ3v) is 4.03. The van der Waals surface area contributed by atoms with Gasteiger partial charge < -0.3 is 5.32 Å². The van der Waals surface area contributed by atoms with Gasteiger partial charge in [-0.2, -0.15) is 0 Å². The van der Waals surface area contributed by atoms with Gasteiger partial charge in [0.05, 0.1) is 4.92 Å². The second-order valence-electron chi connectivity index (χ2n) is 4.43. The van der Waals surface area contributed by atoms with E-state index < -0.39 is 0 Å². The molecule has 0 unspecified atom stereocenters. The Hall–Kier alpha value is -1.72. The van der Waals surface area contributed by atoms with E-state index in [4.69, 9.17) is 0 Å². The maximum absolute atomic E-state index is 10.9. The van der Waals surface area contributed by atoms with Gasteiger partial charge in [-0.3, -0.25) is 10.1 Å². The molecule has 0 atom stereocenters. The van der Waals surface area contributed by atoms with E-state index >= 15 is 0 Å². The van der Waals surface area contributed by atoms with E-state index in [1.807, 2.05) is 6.07 Å². The van der Waals surface area contributed by atoms with Crippen LogP contribution in [0.2, 0.25) is 0 Å². The summed E-state index contributed by atoms with van der Waals surface area (Å²) in [6.45, 7) is 5.31. The minimum absolute atomic E-state index is 0.186. The van der Waals surface area contributed by atoms with Crippen LogP contribution in [0, 0.1) is 24.0 Å². The smallest absolute Gasteiger partial charge is 0.272 e. The average molecular weight is 276 g/mol. The zero-order valence-electron chi connectivity index (χ0n) is 11.0. The van der Waals surface area contributed by atoms with Gasteiger partial charge >= 0.3 is 0 Å². The van der Waals surface area contributed by atoms with E-state index in [-0.39, 0.29) is 10.6 Å². The predicted octanol–water partition coefficient (Wildman–Crippen LogP) is 3.56. The van der Waals surface area contributed by atoms with Gasteiger partial charge in [0.25, 0.3) is 5.69 Å². The highest BCUT2D eigenvalue weighted by Crippen LogP contribution is 2.21. The summed E-state index contributed by atoms with van der Waals surface area (Å²) >= 11 is 1.76. The Morgan fingerprint density at radius 1 is 1.21 bits per heavy atom. The Bertz CT molecular complexity index is 593. The Morgan fingerprint density at radius 3 is 2.63 bits per heavy atom. The zero-order valence-corrected chi connectivity index (χ0v) is 11.8. The van der Waals surface area contributed by atoms with E-state index in [1.54, 1.807) is 30.4 Å². The van der Waals surface area contributed by atoms with Crippen molar-refractivity contribution in [2.24, 2.45) is 0 Å². The lowest BCUT2D eigenvalue weighted by atomic mass is 10.1. The van der Waals surface area contributed by atoms with Crippen molar-refractivity contribution >= 4 is 17.0 Å². The van der Waals surface area contributed by atoms with E-state index in [0.29, 0.717) is 6.54 Å². The number of hydrogen-bond acceptors (Lipinski definition) is 4. The molecule has 0 saturated carbocycles. The van der Waals surface area contributed by atoms with Crippen molar-refractivity contribution in [3.63, 3.8) is 0 Å². The van der Waals surface area contributed by atoms with E-state index in [2.05, 4.69) is 24.4 Å². The highest BCUT2D eigenvalue weighted by atomic mass is 32.1. The van der Waals surface area contributed by atoms with Crippen molar-refractivity contribution < 1.29 is 4.92 Å². The van der Waals surface area contributed by atoms with Crippen molar-refractivity contribution in [3.05, 3.63) is 61.3 Å². The van der Waals surface area contributed by atoms with Crippen LogP contribution in [-0.4, -0.2) is 4.92 Å². The van der Waals surface area contributed by atoms with Crippen molar-refractivity contribution in [2.45, 2.75) is 26.9 Å². The summed E-state index contributed by atoms with van der Waals surface area (Å²) in [5.74, 6) is 0. The van der Waals surface area contributed by atoms with Crippen molar-refractivity contribution in [1.82, 2.24) is 5.32 Å². The van der Waals surface area contributed by atoms with Crippen LogP contribution in [0.25, 0.3) is 0 Å². The summed E-state index contributed by atoms with van der Waals surface area (Å²) in [5.41, 5.74) is 1.90. The molecule has 2 rings (SSSR count). The normalized spacial score (nSPS) is 10.6. The molecule has 0 aliphatic carbocycles. The number of thiophene rings is 1. The zero-order chi connectivity index (χ0) is 13.8. The molecule has 1 aromatic carbocycles. The average Bonchev–Trinajstić information content (AvgIpc) is 2.77. The van der Waals surface area contributed by atoms with Crippen LogP contribution in [0.15, 0.2) is 30.3 Å². The first kappa shape index (κ1) is 13.7. The largest absolute Gasteiger partial charge is 0.308 e. The van der Waals surface area contributed by atoms with Crippen LogP contribution in [0.5, 0.6) is 0 Å². The molecule has 100 valence electrons. The fourth-order valence-corrected chi connectivity index (χ4v) is 2.82. The first-order valence-corrected chi connectivity index (χ1v) is 6.88. The second-order valence-corrected chi connectivity index (χ2v) is 5.81. The standard InChI is InChI=1S/C14H16N2O2S/c1-10-6-7-13(19-10)9-15-8-12-4-3-5-14(11(12)2)16(17)18/h3-7,15H,8-9H2,1-2H3. The molecular formula is C14H16N2O2S. The Balaban J connectivity index is 2.00. The Kier molecular flexibility index (Phi) is 4.29. The Morgan fingerprint density at radius 2 is 2.00 bits per heavy atom. The lowest BCUT2D eigenvalue weighted by Crippen LogP contribution is -2.13. The van der Waals surface area contributed by atoms with Gasteiger partial charge in [-0.1, -0.05) is 12.1 Å². The summed E-state index contributed by atoms with van der Waals surface area (Å²) in [7, 11) is 0. The van der Waals surface area contributed by atoms with Crippen LogP contribution < -0.4 is 5.32 Å². The molecule has 1 aromatic heterocycles. The minimum Gasteiger partial charge on any atom is -0.308 e. The number of nitrogens with one attached hydrogen (secondary N) is 1. The molecule has 5 heteroatoms. The highest BCUT2D eigenvalue weighted by Gasteiger charge is 2.12. The third-order valence-electron chi connectivity index (χ3n) is 3.02. The van der Waals surface area contributed by atoms with Gasteiger partial charge in [0.15, 0.2) is 0 Å². The van der Waals surface area contributed by atoms with Crippen LogP contribution in [-0.2, 0) is 13.1 Å². The predicted molar refractivity (Wildman–Crippen MR) is 77.4 cm³/mol. The lowest BCUT2D eigenvalue weighted by Gasteiger charge is -2.07. The number of rotatable bonds is 5. The molecule has 0 aliphatic rings. The summed E-state index contributed by atoms with van der Waals surface area (Å²) in [4.78, 5) is 13.1. The lowest BCUT2D eigenvalue weighted by molar-refractivity contribution is -0.385. The van der Waals surface area contributed by atoms with E-state index in [0.717, 1.165) is 17.7 Å². The summed E-state index contributed by atoms with van der Waals surface area (Å²) in [6.07, 6.45) is 0. The maximum Gasteiger partial charge on any atom is 0.272 e. The molecule has 0 aliphatic heterocycles. The molecule has 0 amide bonds. The molecule has 0 fully saturated rings. The molecular weight excluding hydrogens is 260 g/mol. The van der Waals surface area contributed by atoms with Crippen molar-refractivity contribution in [2.75, 3.05) is 0 Å².